The molecule has 0 atom stereocenters. The standard InChI is InChI=1S/C20H22ClN3O3/c21-16-2-1-3-17(11-16)24-8-6-23(7-9-24)13-20(25)22-12-15-4-5-18-19(10-15)27-14-26-18/h1-5,10-11H,6-9,12-14H2,(H,22,25). The number of nitrogens with one attached hydrogen (secondary N) is 1. The van der Waals surface area contributed by atoms with Gasteiger partial charge in [-0.15, -0.1) is 0 Å². The van der Waals surface area contributed by atoms with E-state index in [-0.39, 0.29) is 12.7 Å². The van der Waals surface area contributed by atoms with Gasteiger partial charge in [-0.1, -0.05) is 23.7 Å². The molecule has 0 unspecified atom stereocenters. The summed E-state index contributed by atoms with van der Waals surface area (Å²) >= 11 is 6.07. The minimum Gasteiger partial charge on any atom is -0.454 e. The highest BCUT2D eigenvalue weighted by atomic mass is 35.5. The Kier molecular flexibility index (Phi) is 5.36. The van der Waals surface area contributed by atoms with Crippen LogP contribution in [0.25, 0.3) is 0 Å². The zero-order valence-corrected chi connectivity index (χ0v) is 15.7. The molecule has 2 heterocycles. The molecule has 142 valence electrons. The molecule has 0 radical (unpaired) electrons. The van der Waals surface area contributed by atoms with Crippen LogP contribution in [0.1, 0.15) is 5.56 Å². The van der Waals surface area contributed by atoms with Crippen molar-refractivity contribution in [3.8, 4) is 11.5 Å². The second-order valence-electron chi connectivity index (χ2n) is 6.71. The van der Waals surface area contributed by atoms with Gasteiger partial charge >= 0.3 is 0 Å². The van der Waals surface area contributed by atoms with Crippen molar-refractivity contribution in [2.75, 3.05) is 44.4 Å². The number of fused-ring (bicyclic) bond motifs is 1. The van der Waals surface area contributed by atoms with E-state index in [9.17, 15) is 4.79 Å². The van der Waals surface area contributed by atoms with Crippen LogP contribution in [0, 0.1) is 0 Å². The maximum atomic E-state index is 12.3. The summed E-state index contributed by atoms with van der Waals surface area (Å²) in [4.78, 5) is 16.7. The van der Waals surface area contributed by atoms with E-state index in [1.165, 1.54) is 0 Å². The Morgan fingerprint density at radius 2 is 1.85 bits per heavy atom. The van der Waals surface area contributed by atoms with Crippen molar-refractivity contribution in [1.29, 1.82) is 0 Å². The van der Waals surface area contributed by atoms with Gasteiger partial charge in [0.2, 0.25) is 12.7 Å². The molecule has 27 heavy (non-hydrogen) atoms. The Morgan fingerprint density at radius 3 is 2.67 bits per heavy atom. The van der Waals surface area contributed by atoms with Gasteiger partial charge in [0.05, 0.1) is 6.54 Å². The topological polar surface area (TPSA) is 54.0 Å². The SMILES string of the molecule is O=C(CN1CCN(c2cccc(Cl)c2)CC1)NCc1ccc2c(c1)OCO2. The zero-order valence-electron chi connectivity index (χ0n) is 15.0. The highest BCUT2D eigenvalue weighted by molar-refractivity contribution is 6.30. The number of carbonyl (C=O) groups excluding carboxylic acids is 1. The van der Waals surface area contributed by atoms with Crippen molar-refractivity contribution < 1.29 is 14.3 Å². The number of piperazine rings is 1. The highest BCUT2D eigenvalue weighted by Gasteiger charge is 2.19. The van der Waals surface area contributed by atoms with Gasteiger partial charge in [0.15, 0.2) is 11.5 Å². The summed E-state index contributed by atoms with van der Waals surface area (Å²) in [6.45, 7) is 4.62. The molecule has 2 aromatic rings. The Bertz CT molecular complexity index is 822. The van der Waals surface area contributed by atoms with E-state index in [2.05, 4.69) is 21.2 Å². The van der Waals surface area contributed by atoms with Crippen LogP contribution in [-0.4, -0.2) is 50.3 Å². The summed E-state index contributed by atoms with van der Waals surface area (Å²) in [5.41, 5.74) is 2.13. The number of ether oxygens (including phenoxy) is 2. The van der Waals surface area contributed by atoms with Gasteiger partial charge in [-0.25, -0.2) is 0 Å². The van der Waals surface area contributed by atoms with E-state index in [0.29, 0.717) is 13.1 Å². The maximum Gasteiger partial charge on any atom is 0.234 e. The lowest BCUT2D eigenvalue weighted by Crippen LogP contribution is -2.49. The molecule has 2 aliphatic rings. The first-order valence-electron chi connectivity index (χ1n) is 9.05. The first-order chi connectivity index (χ1) is 13.2. The maximum absolute atomic E-state index is 12.3. The van der Waals surface area contributed by atoms with Gasteiger partial charge in [-0.3, -0.25) is 9.69 Å². The quantitative estimate of drug-likeness (QED) is 0.854. The molecule has 0 bridgehead atoms. The average Bonchev–Trinajstić information content (AvgIpc) is 3.15. The fourth-order valence-corrected chi connectivity index (χ4v) is 3.53. The Balaban J connectivity index is 1.22. The normalized spacial score (nSPS) is 16.4. The van der Waals surface area contributed by atoms with Crippen molar-refractivity contribution in [3.63, 3.8) is 0 Å². The smallest absolute Gasteiger partial charge is 0.234 e. The number of hydrogen-bond acceptors (Lipinski definition) is 5. The van der Waals surface area contributed by atoms with Gasteiger partial charge in [-0.2, -0.15) is 0 Å². The molecule has 0 saturated carbocycles. The first kappa shape index (κ1) is 17.9. The molecule has 1 fully saturated rings. The molecule has 7 heteroatoms. The van der Waals surface area contributed by atoms with E-state index in [1.807, 2.05) is 36.4 Å². The first-order valence-corrected chi connectivity index (χ1v) is 9.43. The van der Waals surface area contributed by atoms with E-state index in [0.717, 1.165) is 54.0 Å². The van der Waals surface area contributed by atoms with Gasteiger partial charge in [0.25, 0.3) is 0 Å². The third-order valence-electron chi connectivity index (χ3n) is 4.84. The molecular weight excluding hydrogens is 366 g/mol. The summed E-state index contributed by atoms with van der Waals surface area (Å²) in [7, 11) is 0. The third kappa shape index (κ3) is 4.46. The van der Waals surface area contributed by atoms with Gasteiger partial charge in [0.1, 0.15) is 0 Å². The predicted octanol–water partition coefficient (Wildman–Crippen LogP) is 2.51. The molecule has 1 N–H and O–H groups in total. The van der Waals surface area contributed by atoms with Crippen LogP contribution >= 0.6 is 11.6 Å². The third-order valence-corrected chi connectivity index (χ3v) is 5.07. The summed E-state index contributed by atoms with van der Waals surface area (Å²) in [5, 5.41) is 3.73. The molecular formula is C20H22ClN3O3. The zero-order chi connectivity index (χ0) is 18.6. The Morgan fingerprint density at radius 1 is 1.04 bits per heavy atom. The molecule has 4 rings (SSSR count). The van der Waals surface area contributed by atoms with Gasteiger partial charge in [0, 0.05) is 43.4 Å². The molecule has 0 spiro atoms. The lowest BCUT2D eigenvalue weighted by Gasteiger charge is -2.35. The summed E-state index contributed by atoms with van der Waals surface area (Å²) in [6.07, 6.45) is 0. The monoisotopic (exact) mass is 387 g/mol. The molecule has 1 amide bonds. The van der Waals surface area contributed by atoms with E-state index >= 15 is 0 Å². The van der Waals surface area contributed by atoms with Gasteiger partial charge in [-0.05, 0) is 35.9 Å². The molecule has 1 saturated heterocycles. The number of amides is 1. The van der Waals surface area contributed by atoms with Crippen LogP contribution in [0.3, 0.4) is 0 Å². The number of benzene rings is 2. The van der Waals surface area contributed by atoms with Crippen LogP contribution in [-0.2, 0) is 11.3 Å². The fourth-order valence-electron chi connectivity index (χ4n) is 3.35. The van der Waals surface area contributed by atoms with Crippen LogP contribution < -0.4 is 19.7 Å². The molecule has 0 aromatic heterocycles. The molecule has 6 nitrogen and oxygen atoms in total. The Hall–Kier alpha value is -2.44. The summed E-state index contributed by atoms with van der Waals surface area (Å²) in [6, 6.07) is 13.6. The van der Waals surface area contributed by atoms with E-state index in [1.54, 1.807) is 0 Å². The number of halogens is 1. The largest absolute Gasteiger partial charge is 0.454 e. The number of rotatable bonds is 5. The average molecular weight is 388 g/mol. The van der Waals surface area contributed by atoms with E-state index < -0.39 is 0 Å². The second-order valence-corrected chi connectivity index (χ2v) is 7.14. The van der Waals surface area contributed by atoms with Crippen LogP contribution in [0.5, 0.6) is 11.5 Å². The van der Waals surface area contributed by atoms with Crippen LogP contribution in [0.4, 0.5) is 5.69 Å². The fraction of sp³-hybridized carbons (Fsp3) is 0.350. The minimum absolute atomic E-state index is 0.0314. The number of hydrogen-bond donors (Lipinski definition) is 1. The van der Waals surface area contributed by atoms with E-state index in [4.69, 9.17) is 21.1 Å². The summed E-state index contributed by atoms with van der Waals surface area (Å²) in [5.74, 6) is 1.52. The van der Waals surface area contributed by atoms with Crippen molar-refractivity contribution in [3.05, 3.63) is 53.1 Å². The molecule has 2 aliphatic heterocycles. The number of anilines is 1. The van der Waals surface area contributed by atoms with Crippen molar-refractivity contribution in [1.82, 2.24) is 10.2 Å². The minimum atomic E-state index is 0.0314. The van der Waals surface area contributed by atoms with Crippen molar-refractivity contribution in [2.45, 2.75) is 6.54 Å². The molecule has 0 aliphatic carbocycles. The lowest BCUT2D eigenvalue weighted by molar-refractivity contribution is -0.122. The van der Waals surface area contributed by atoms with Crippen LogP contribution in [0.2, 0.25) is 5.02 Å². The van der Waals surface area contributed by atoms with Gasteiger partial charge < -0.3 is 19.7 Å². The molecule has 2 aromatic carbocycles. The number of carbonyl (C=O) groups is 1. The second kappa shape index (κ2) is 8.06. The van der Waals surface area contributed by atoms with Crippen molar-refractivity contribution in [2.24, 2.45) is 0 Å². The highest BCUT2D eigenvalue weighted by Crippen LogP contribution is 2.32. The van der Waals surface area contributed by atoms with Crippen LogP contribution in [0.15, 0.2) is 42.5 Å². The predicted molar refractivity (Wildman–Crippen MR) is 105 cm³/mol. The van der Waals surface area contributed by atoms with Crippen molar-refractivity contribution >= 4 is 23.2 Å². The number of nitrogens with zero attached hydrogens (tertiary/aromatic N) is 2. The lowest BCUT2D eigenvalue weighted by atomic mass is 10.2. The Labute approximate surface area is 163 Å². The summed E-state index contributed by atoms with van der Waals surface area (Å²) < 4.78 is 10.7.